The maximum atomic E-state index is 13.1. The Morgan fingerprint density at radius 3 is 2.40 bits per heavy atom. The van der Waals surface area contributed by atoms with Gasteiger partial charge in [0, 0.05) is 31.4 Å². The number of anilines is 1. The van der Waals surface area contributed by atoms with E-state index in [9.17, 15) is 35.9 Å². The van der Waals surface area contributed by atoms with Crippen molar-refractivity contribution < 1.29 is 40.7 Å². The molecule has 30 heavy (non-hydrogen) atoms. The van der Waals surface area contributed by atoms with E-state index in [1.165, 1.54) is 25.3 Å². The molecule has 0 saturated carbocycles. The van der Waals surface area contributed by atoms with Crippen LogP contribution in [0.1, 0.15) is 28.4 Å². The standard InChI is InChI=1S/C17H14F6N4O3/c1-9(28)27-13-5-11(2-3-24-13)14(29)25-6-10-4-12(17(21,22)23)15(26-7-10)30-8-16(18,19)20/h2-5,7H,6,8H2,1H3,(H,25,29)(H,24,27,28). The number of halogens is 6. The van der Waals surface area contributed by atoms with Crippen molar-refractivity contribution in [2.24, 2.45) is 0 Å². The number of pyridine rings is 2. The van der Waals surface area contributed by atoms with Crippen molar-refractivity contribution in [2.75, 3.05) is 11.9 Å². The number of nitrogens with zero attached hydrogens (tertiary/aromatic N) is 2. The molecule has 0 spiro atoms. The highest BCUT2D eigenvalue weighted by Gasteiger charge is 2.37. The second-order valence-corrected chi connectivity index (χ2v) is 5.89. The number of nitrogens with one attached hydrogen (secondary N) is 2. The second-order valence-electron chi connectivity index (χ2n) is 5.89. The lowest BCUT2D eigenvalue weighted by atomic mass is 10.1. The zero-order valence-corrected chi connectivity index (χ0v) is 15.2. The zero-order valence-electron chi connectivity index (χ0n) is 15.2. The molecule has 0 saturated heterocycles. The first kappa shape index (κ1) is 22.9. The van der Waals surface area contributed by atoms with Crippen molar-refractivity contribution in [3.8, 4) is 5.88 Å². The van der Waals surface area contributed by atoms with Crippen LogP contribution in [-0.2, 0) is 17.5 Å². The van der Waals surface area contributed by atoms with E-state index in [1.54, 1.807) is 0 Å². The summed E-state index contributed by atoms with van der Waals surface area (Å²) in [6.07, 6.45) is -7.75. The molecular formula is C17H14F6N4O3. The predicted molar refractivity (Wildman–Crippen MR) is 90.5 cm³/mol. The summed E-state index contributed by atoms with van der Waals surface area (Å²) in [5, 5.41) is 4.71. The average Bonchev–Trinajstić information content (AvgIpc) is 2.63. The van der Waals surface area contributed by atoms with Crippen LogP contribution in [0.5, 0.6) is 5.88 Å². The summed E-state index contributed by atoms with van der Waals surface area (Å²) >= 11 is 0. The smallest absolute Gasteiger partial charge is 0.422 e. The van der Waals surface area contributed by atoms with Crippen molar-refractivity contribution in [3.05, 3.63) is 47.3 Å². The Morgan fingerprint density at radius 1 is 1.10 bits per heavy atom. The molecule has 2 heterocycles. The summed E-state index contributed by atoms with van der Waals surface area (Å²) in [6, 6.07) is 3.10. The largest absolute Gasteiger partial charge is 0.468 e. The minimum absolute atomic E-state index is 0.0721. The first-order valence-electron chi connectivity index (χ1n) is 8.12. The third-order valence-corrected chi connectivity index (χ3v) is 3.37. The first-order chi connectivity index (χ1) is 13.8. The van der Waals surface area contributed by atoms with Crippen LogP contribution >= 0.6 is 0 Å². The maximum absolute atomic E-state index is 13.1. The van der Waals surface area contributed by atoms with Gasteiger partial charge in [0.05, 0.1) is 0 Å². The lowest BCUT2D eigenvalue weighted by Gasteiger charge is -2.15. The molecule has 0 aromatic carbocycles. The molecule has 0 bridgehead atoms. The third kappa shape index (κ3) is 6.90. The van der Waals surface area contributed by atoms with Crippen LogP contribution in [0.25, 0.3) is 0 Å². The van der Waals surface area contributed by atoms with Crippen LogP contribution in [0.2, 0.25) is 0 Å². The maximum Gasteiger partial charge on any atom is 0.422 e. The SMILES string of the molecule is CC(=O)Nc1cc(C(=O)NCc2cnc(OCC(F)(F)F)c(C(F)(F)F)c2)ccn1. The Hall–Kier alpha value is -3.38. The van der Waals surface area contributed by atoms with Crippen LogP contribution in [-0.4, -0.2) is 34.6 Å². The fourth-order valence-corrected chi connectivity index (χ4v) is 2.17. The molecule has 2 amide bonds. The Balaban J connectivity index is 2.13. The fourth-order valence-electron chi connectivity index (χ4n) is 2.17. The van der Waals surface area contributed by atoms with E-state index in [-0.39, 0.29) is 16.9 Å². The van der Waals surface area contributed by atoms with Crippen molar-refractivity contribution in [3.63, 3.8) is 0 Å². The minimum Gasteiger partial charge on any atom is -0.468 e. The van der Waals surface area contributed by atoms with E-state index in [2.05, 4.69) is 25.3 Å². The summed E-state index contributed by atoms with van der Waals surface area (Å²) in [7, 11) is 0. The van der Waals surface area contributed by atoms with Gasteiger partial charge in [-0.15, -0.1) is 0 Å². The van der Waals surface area contributed by atoms with Gasteiger partial charge in [-0.05, 0) is 23.8 Å². The number of alkyl halides is 6. The van der Waals surface area contributed by atoms with E-state index >= 15 is 0 Å². The van der Waals surface area contributed by atoms with Gasteiger partial charge < -0.3 is 15.4 Å². The highest BCUT2D eigenvalue weighted by atomic mass is 19.4. The molecule has 2 aromatic heterocycles. The number of aromatic nitrogens is 2. The van der Waals surface area contributed by atoms with E-state index in [0.29, 0.717) is 6.07 Å². The number of carbonyl (C=O) groups excluding carboxylic acids is 2. The number of ether oxygens (including phenoxy) is 1. The van der Waals surface area contributed by atoms with Gasteiger partial charge in [0.2, 0.25) is 11.8 Å². The molecule has 0 fully saturated rings. The minimum atomic E-state index is -5.02. The number of hydrogen-bond acceptors (Lipinski definition) is 5. The van der Waals surface area contributed by atoms with Crippen LogP contribution in [0.15, 0.2) is 30.6 Å². The van der Waals surface area contributed by atoms with Gasteiger partial charge in [0.15, 0.2) is 6.61 Å². The van der Waals surface area contributed by atoms with E-state index in [4.69, 9.17) is 0 Å². The molecule has 2 aromatic rings. The van der Waals surface area contributed by atoms with Crippen LogP contribution in [0, 0.1) is 0 Å². The predicted octanol–water partition coefficient (Wildman–Crippen LogP) is 3.32. The quantitative estimate of drug-likeness (QED) is 0.678. The summed E-state index contributed by atoms with van der Waals surface area (Å²) < 4.78 is 80.2. The highest BCUT2D eigenvalue weighted by molar-refractivity contribution is 5.96. The molecule has 2 rings (SSSR count). The molecule has 13 heteroatoms. The molecular weight excluding hydrogens is 422 g/mol. The van der Waals surface area contributed by atoms with Gasteiger partial charge in [-0.25, -0.2) is 9.97 Å². The van der Waals surface area contributed by atoms with Gasteiger partial charge in [-0.3, -0.25) is 9.59 Å². The normalized spacial score (nSPS) is 11.7. The van der Waals surface area contributed by atoms with Gasteiger partial charge >= 0.3 is 12.4 Å². The highest BCUT2D eigenvalue weighted by Crippen LogP contribution is 2.36. The summed E-state index contributed by atoms with van der Waals surface area (Å²) in [5.41, 5.74) is -1.55. The molecule has 7 nitrogen and oxygen atoms in total. The molecule has 0 aliphatic rings. The van der Waals surface area contributed by atoms with Crippen molar-refractivity contribution >= 4 is 17.6 Å². The molecule has 0 radical (unpaired) electrons. The lowest BCUT2D eigenvalue weighted by molar-refractivity contribution is -0.159. The van der Waals surface area contributed by atoms with Gasteiger partial charge in [-0.1, -0.05) is 0 Å². The number of amides is 2. The summed E-state index contributed by atoms with van der Waals surface area (Å²) in [6.45, 7) is -1.09. The Labute approximate surface area is 165 Å². The number of rotatable bonds is 6. The average molecular weight is 436 g/mol. The van der Waals surface area contributed by atoms with Crippen molar-refractivity contribution in [2.45, 2.75) is 25.8 Å². The first-order valence-corrected chi connectivity index (χ1v) is 8.12. The van der Waals surface area contributed by atoms with E-state index in [0.717, 1.165) is 6.20 Å². The fraction of sp³-hybridized carbons (Fsp3) is 0.294. The monoisotopic (exact) mass is 436 g/mol. The van der Waals surface area contributed by atoms with E-state index < -0.39 is 48.8 Å². The Morgan fingerprint density at radius 2 is 1.80 bits per heavy atom. The van der Waals surface area contributed by atoms with Crippen molar-refractivity contribution in [1.82, 2.24) is 15.3 Å². The number of hydrogen-bond donors (Lipinski definition) is 2. The second kappa shape index (κ2) is 8.97. The van der Waals surface area contributed by atoms with Gasteiger partial charge in [-0.2, -0.15) is 26.3 Å². The zero-order chi connectivity index (χ0) is 22.5. The van der Waals surface area contributed by atoms with Crippen LogP contribution in [0.3, 0.4) is 0 Å². The topological polar surface area (TPSA) is 93.2 Å². The lowest BCUT2D eigenvalue weighted by Crippen LogP contribution is -2.24. The molecule has 0 atom stereocenters. The summed E-state index contributed by atoms with van der Waals surface area (Å²) in [5.74, 6) is -2.22. The Bertz CT molecular complexity index is 930. The van der Waals surface area contributed by atoms with Gasteiger partial charge in [0.1, 0.15) is 11.4 Å². The third-order valence-electron chi connectivity index (χ3n) is 3.37. The molecule has 0 aliphatic carbocycles. The molecule has 0 unspecified atom stereocenters. The summed E-state index contributed by atoms with van der Waals surface area (Å²) in [4.78, 5) is 30.3. The van der Waals surface area contributed by atoms with Crippen molar-refractivity contribution in [1.29, 1.82) is 0 Å². The molecule has 0 aliphatic heterocycles. The van der Waals surface area contributed by atoms with E-state index in [1.807, 2.05) is 0 Å². The van der Waals surface area contributed by atoms with Crippen LogP contribution in [0.4, 0.5) is 32.2 Å². The Kier molecular flexibility index (Phi) is 6.84. The van der Waals surface area contributed by atoms with Gasteiger partial charge in [0.25, 0.3) is 5.91 Å². The van der Waals surface area contributed by atoms with Crippen LogP contribution < -0.4 is 15.4 Å². The molecule has 162 valence electrons. The molecule has 2 N–H and O–H groups in total. The number of carbonyl (C=O) groups is 2.